The van der Waals surface area contributed by atoms with Crippen molar-refractivity contribution in [2.75, 3.05) is 26.2 Å². The van der Waals surface area contributed by atoms with Gasteiger partial charge in [0.2, 0.25) is 23.3 Å². The van der Waals surface area contributed by atoms with Crippen LogP contribution in [-0.2, 0) is 24.7 Å². The Morgan fingerprint density at radius 3 is 2.64 bits per heavy atom. The predicted molar refractivity (Wildman–Crippen MR) is 107 cm³/mol. The summed E-state index contributed by atoms with van der Waals surface area (Å²) in [6.07, 6.45) is -4.91. The Kier molecular flexibility index (Phi) is 6.29. The SMILES string of the molecule is CCC(C)(C)c1nc(C(=O)C2C[C@H](F)CN2CCN2CCn3c(nnc3C(F)(F)F)C2)no1. The fourth-order valence-corrected chi connectivity index (χ4v) is 4.14. The predicted octanol–water partition coefficient (Wildman–Crippen LogP) is 2.48. The number of ketones is 1. The minimum atomic E-state index is -4.55. The normalized spacial score (nSPS) is 22.6. The minimum Gasteiger partial charge on any atom is -0.338 e. The molecular formula is C20H27F4N7O2. The van der Waals surface area contributed by atoms with Gasteiger partial charge in [-0.05, 0) is 6.42 Å². The van der Waals surface area contributed by atoms with Crippen molar-refractivity contribution in [3.05, 3.63) is 23.4 Å². The molecule has 13 heteroatoms. The summed E-state index contributed by atoms with van der Waals surface area (Å²) in [4.78, 5) is 20.9. The second-order valence-corrected chi connectivity index (χ2v) is 9.23. The van der Waals surface area contributed by atoms with Gasteiger partial charge >= 0.3 is 6.18 Å². The molecule has 182 valence electrons. The van der Waals surface area contributed by atoms with E-state index in [-0.39, 0.29) is 48.9 Å². The Hall–Kier alpha value is -2.41. The van der Waals surface area contributed by atoms with Crippen LogP contribution in [0.15, 0.2) is 4.52 Å². The molecule has 33 heavy (non-hydrogen) atoms. The van der Waals surface area contributed by atoms with Crippen molar-refractivity contribution in [2.45, 2.75) is 70.5 Å². The lowest BCUT2D eigenvalue weighted by Crippen LogP contribution is -2.43. The van der Waals surface area contributed by atoms with E-state index in [0.717, 1.165) is 11.0 Å². The Morgan fingerprint density at radius 1 is 1.18 bits per heavy atom. The third kappa shape index (κ3) is 4.79. The van der Waals surface area contributed by atoms with E-state index < -0.39 is 24.2 Å². The number of hydrogen-bond acceptors (Lipinski definition) is 8. The molecule has 2 atom stereocenters. The van der Waals surface area contributed by atoms with Gasteiger partial charge in [0.1, 0.15) is 12.0 Å². The number of carbonyl (C=O) groups excluding carboxylic acids is 1. The number of nitrogens with zero attached hydrogens (tertiary/aromatic N) is 7. The van der Waals surface area contributed by atoms with Crippen molar-refractivity contribution < 1.29 is 26.9 Å². The second kappa shape index (κ2) is 8.75. The number of hydrogen-bond donors (Lipinski definition) is 0. The molecule has 0 N–H and O–H groups in total. The van der Waals surface area contributed by atoms with Crippen molar-refractivity contribution in [3.63, 3.8) is 0 Å². The van der Waals surface area contributed by atoms with Crippen molar-refractivity contribution in [1.82, 2.24) is 34.7 Å². The molecule has 0 bridgehead atoms. The van der Waals surface area contributed by atoms with Crippen LogP contribution >= 0.6 is 0 Å². The molecule has 4 heterocycles. The monoisotopic (exact) mass is 473 g/mol. The number of rotatable bonds is 7. The Balaban J connectivity index is 1.39. The first-order valence-electron chi connectivity index (χ1n) is 11.0. The quantitative estimate of drug-likeness (QED) is 0.447. The lowest BCUT2D eigenvalue weighted by Gasteiger charge is -2.30. The molecule has 2 aliphatic rings. The maximum atomic E-state index is 14.2. The molecule has 1 unspecified atom stereocenters. The number of fused-ring (bicyclic) bond motifs is 1. The Morgan fingerprint density at radius 2 is 1.94 bits per heavy atom. The highest BCUT2D eigenvalue weighted by Crippen LogP contribution is 2.30. The molecule has 1 saturated heterocycles. The van der Waals surface area contributed by atoms with E-state index in [4.69, 9.17) is 4.52 Å². The standard InChI is InChI=1S/C20H27F4N7O2/c1-4-19(2,3)18-25-16(28-33-18)15(32)13-9-12(21)10-30(13)7-5-29-6-8-31-14(11-29)26-27-17(31)20(22,23)24/h12-13H,4-11H2,1-3H3/t12-,13?/m0/s1. The van der Waals surface area contributed by atoms with Gasteiger partial charge in [-0.2, -0.15) is 18.2 Å². The zero-order valence-corrected chi connectivity index (χ0v) is 18.8. The Labute approximate surface area is 188 Å². The molecule has 0 amide bonds. The molecule has 0 aliphatic carbocycles. The summed E-state index contributed by atoms with van der Waals surface area (Å²) >= 11 is 0. The van der Waals surface area contributed by atoms with Crippen molar-refractivity contribution in [2.24, 2.45) is 0 Å². The summed E-state index contributed by atoms with van der Waals surface area (Å²) in [6.45, 7) is 7.47. The summed E-state index contributed by atoms with van der Waals surface area (Å²) in [6, 6.07) is -0.708. The lowest BCUT2D eigenvalue weighted by atomic mass is 9.90. The van der Waals surface area contributed by atoms with Crippen molar-refractivity contribution >= 4 is 5.78 Å². The van der Waals surface area contributed by atoms with Gasteiger partial charge in [-0.25, -0.2) is 4.39 Å². The highest BCUT2D eigenvalue weighted by atomic mass is 19.4. The summed E-state index contributed by atoms with van der Waals surface area (Å²) in [5, 5.41) is 10.8. The number of aromatic nitrogens is 5. The smallest absolute Gasteiger partial charge is 0.338 e. The van der Waals surface area contributed by atoms with E-state index in [1.165, 1.54) is 0 Å². The first-order valence-corrected chi connectivity index (χ1v) is 11.0. The molecule has 0 saturated carbocycles. The summed E-state index contributed by atoms with van der Waals surface area (Å²) in [7, 11) is 0. The summed E-state index contributed by atoms with van der Waals surface area (Å²) < 4.78 is 59.6. The van der Waals surface area contributed by atoms with Crippen LogP contribution in [0.3, 0.4) is 0 Å². The Bertz CT molecular complexity index is 1000. The first-order chi connectivity index (χ1) is 15.5. The van der Waals surface area contributed by atoms with E-state index in [2.05, 4.69) is 20.3 Å². The van der Waals surface area contributed by atoms with E-state index in [1.54, 1.807) is 4.90 Å². The molecule has 1 fully saturated rings. The van der Waals surface area contributed by atoms with Crippen LogP contribution in [0.25, 0.3) is 0 Å². The van der Waals surface area contributed by atoms with Crippen LogP contribution in [0, 0.1) is 0 Å². The van der Waals surface area contributed by atoms with Crippen LogP contribution < -0.4 is 0 Å². The highest BCUT2D eigenvalue weighted by Gasteiger charge is 2.41. The van der Waals surface area contributed by atoms with Gasteiger partial charge < -0.3 is 9.09 Å². The lowest BCUT2D eigenvalue weighted by molar-refractivity contribution is -0.148. The van der Waals surface area contributed by atoms with E-state index in [9.17, 15) is 22.4 Å². The fourth-order valence-electron chi connectivity index (χ4n) is 4.14. The maximum Gasteiger partial charge on any atom is 0.451 e. The van der Waals surface area contributed by atoms with Gasteiger partial charge in [0.05, 0.1) is 12.6 Å². The molecule has 2 aromatic heterocycles. The second-order valence-electron chi connectivity index (χ2n) is 9.23. The van der Waals surface area contributed by atoms with Gasteiger partial charge in [-0.3, -0.25) is 14.6 Å². The van der Waals surface area contributed by atoms with Gasteiger partial charge in [0.25, 0.3) is 0 Å². The number of halogens is 4. The van der Waals surface area contributed by atoms with Gasteiger partial charge in [0.15, 0.2) is 0 Å². The topological polar surface area (TPSA) is 93.2 Å². The third-order valence-corrected chi connectivity index (χ3v) is 6.55. The number of Topliss-reactive ketones (excluding diaryl/α,β-unsaturated/α-hetero) is 1. The zero-order chi connectivity index (χ0) is 24.0. The number of carbonyl (C=O) groups is 1. The van der Waals surface area contributed by atoms with Crippen LogP contribution in [0.2, 0.25) is 0 Å². The average Bonchev–Trinajstić information content (AvgIpc) is 3.49. The summed E-state index contributed by atoms with van der Waals surface area (Å²) in [5.41, 5.74) is -0.371. The largest absolute Gasteiger partial charge is 0.451 e. The van der Waals surface area contributed by atoms with E-state index in [1.807, 2.05) is 25.7 Å². The molecule has 4 rings (SSSR count). The third-order valence-electron chi connectivity index (χ3n) is 6.55. The average molecular weight is 473 g/mol. The maximum absolute atomic E-state index is 14.2. The van der Waals surface area contributed by atoms with E-state index >= 15 is 0 Å². The zero-order valence-electron chi connectivity index (χ0n) is 18.8. The number of alkyl halides is 4. The van der Waals surface area contributed by atoms with Crippen LogP contribution in [0.1, 0.15) is 61.8 Å². The highest BCUT2D eigenvalue weighted by molar-refractivity contribution is 5.97. The van der Waals surface area contributed by atoms with Crippen LogP contribution in [0.4, 0.5) is 17.6 Å². The van der Waals surface area contributed by atoms with Crippen LogP contribution in [0.5, 0.6) is 0 Å². The molecule has 2 aromatic rings. The summed E-state index contributed by atoms with van der Waals surface area (Å²) in [5.74, 6) is -0.825. The minimum absolute atomic E-state index is 0.0448. The van der Waals surface area contributed by atoms with Gasteiger partial charge in [0, 0.05) is 44.6 Å². The van der Waals surface area contributed by atoms with E-state index in [0.29, 0.717) is 25.5 Å². The van der Waals surface area contributed by atoms with Crippen molar-refractivity contribution in [1.29, 1.82) is 0 Å². The molecule has 0 aromatic carbocycles. The fraction of sp³-hybridized carbons (Fsp3) is 0.750. The van der Waals surface area contributed by atoms with Gasteiger partial charge in [-0.1, -0.05) is 25.9 Å². The van der Waals surface area contributed by atoms with Crippen molar-refractivity contribution in [3.8, 4) is 0 Å². The molecule has 2 aliphatic heterocycles. The molecule has 0 spiro atoms. The molecular weight excluding hydrogens is 446 g/mol. The number of likely N-dealkylation sites (tertiary alicyclic amines) is 1. The first kappa shape index (κ1) is 23.7. The van der Waals surface area contributed by atoms with Gasteiger partial charge in [-0.15, -0.1) is 10.2 Å². The molecule has 0 radical (unpaired) electrons. The van der Waals surface area contributed by atoms with Crippen LogP contribution in [-0.4, -0.2) is 78.9 Å². The molecule has 9 nitrogen and oxygen atoms in total.